The summed E-state index contributed by atoms with van der Waals surface area (Å²) in [5.74, 6) is 0.0500. The number of hydrogen-bond donors (Lipinski definition) is 0. The largest absolute Gasteiger partial charge is 0.381 e. The third-order valence-electron chi connectivity index (χ3n) is 2.32. The minimum absolute atomic E-state index is 0.0500. The molecule has 0 aliphatic rings. The molecule has 16 heavy (non-hydrogen) atoms. The van der Waals surface area contributed by atoms with Crippen molar-refractivity contribution in [1.82, 2.24) is 0 Å². The summed E-state index contributed by atoms with van der Waals surface area (Å²) in [5, 5.41) is 0. The maximum absolute atomic E-state index is 10.6. The first-order chi connectivity index (χ1) is 7.56. The molecule has 0 fully saturated rings. The van der Waals surface area contributed by atoms with E-state index in [2.05, 4.69) is 6.92 Å². The molecule has 0 aliphatic carbocycles. The lowest BCUT2D eigenvalue weighted by Crippen LogP contribution is -2.01. The number of halogens is 1. The molecule has 0 N–H and O–H groups in total. The van der Waals surface area contributed by atoms with Crippen LogP contribution in [0, 0.1) is 0 Å². The zero-order valence-electron chi connectivity index (χ0n) is 10.1. The predicted octanol–water partition coefficient (Wildman–Crippen LogP) is 3.32. The van der Waals surface area contributed by atoms with Gasteiger partial charge in [0.25, 0.3) is 0 Å². The molecule has 0 unspecified atom stereocenters. The average molecular weight is 271 g/mol. The summed E-state index contributed by atoms with van der Waals surface area (Å²) >= 11 is 0. The van der Waals surface area contributed by atoms with E-state index in [9.17, 15) is 8.42 Å². The van der Waals surface area contributed by atoms with Gasteiger partial charge in [0.2, 0.25) is 9.05 Å². The van der Waals surface area contributed by atoms with Gasteiger partial charge in [-0.25, -0.2) is 8.42 Å². The molecule has 0 heterocycles. The zero-order chi connectivity index (χ0) is 12.3. The van der Waals surface area contributed by atoms with E-state index in [1.165, 1.54) is 25.7 Å². The lowest BCUT2D eigenvalue weighted by molar-refractivity contribution is 0.127. The second-order valence-electron chi connectivity index (χ2n) is 3.98. The molecule has 0 amide bonds. The number of hydrogen-bond acceptors (Lipinski definition) is 3. The Morgan fingerprint density at radius 2 is 1.50 bits per heavy atom. The Hall–Kier alpha value is 0.200. The number of rotatable bonds is 11. The van der Waals surface area contributed by atoms with E-state index in [4.69, 9.17) is 15.4 Å². The average Bonchev–Trinajstić information content (AvgIpc) is 2.19. The Labute approximate surface area is 104 Å². The van der Waals surface area contributed by atoms with Crippen LogP contribution in [-0.4, -0.2) is 27.4 Å². The minimum Gasteiger partial charge on any atom is -0.381 e. The Morgan fingerprint density at radius 1 is 0.938 bits per heavy atom. The molecule has 0 aromatic rings. The Kier molecular flexibility index (Phi) is 10.5. The molecular formula is C11H23ClO3S. The van der Waals surface area contributed by atoms with E-state index in [0.717, 1.165) is 19.4 Å². The van der Waals surface area contributed by atoms with Gasteiger partial charge in [-0.3, -0.25) is 0 Å². The topological polar surface area (TPSA) is 43.4 Å². The molecule has 98 valence electrons. The molecule has 0 spiro atoms. The number of ether oxygens (including phenoxy) is 1. The first-order valence-corrected chi connectivity index (χ1v) is 8.54. The van der Waals surface area contributed by atoms with Crippen molar-refractivity contribution >= 4 is 19.7 Å². The summed E-state index contributed by atoms with van der Waals surface area (Å²) in [7, 11) is 1.76. The van der Waals surface area contributed by atoms with Gasteiger partial charge < -0.3 is 4.74 Å². The third kappa shape index (κ3) is 14.2. The molecule has 0 aromatic heterocycles. The van der Waals surface area contributed by atoms with Crippen LogP contribution in [0.1, 0.15) is 51.9 Å². The van der Waals surface area contributed by atoms with Crippen molar-refractivity contribution in [2.45, 2.75) is 51.9 Å². The zero-order valence-corrected chi connectivity index (χ0v) is 11.7. The fourth-order valence-electron chi connectivity index (χ4n) is 1.39. The fraction of sp³-hybridized carbons (Fsp3) is 1.00. The van der Waals surface area contributed by atoms with Crippen LogP contribution in [0.15, 0.2) is 0 Å². The van der Waals surface area contributed by atoms with Crippen molar-refractivity contribution in [3.63, 3.8) is 0 Å². The van der Waals surface area contributed by atoms with Crippen LogP contribution in [0.3, 0.4) is 0 Å². The van der Waals surface area contributed by atoms with Crippen LogP contribution >= 0.6 is 10.7 Å². The van der Waals surface area contributed by atoms with Crippen LogP contribution in [0.25, 0.3) is 0 Å². The second-order valence-corrected chi connectivity index (χ2v) is 6.87. The molecule has 3 nitrogen and oxygen atoms in total. The van der Waals surface area contributed by atoms with Gasteiger partial charge in [-0.05, 0) is 19.3 Å². The van der Waals surface area contributed by atoms with E-state index in [0.29, 0.717) is 13.0 Å². The van der Waals surface area contributed by atoms with E-state index < -0.39 is 9.05 Å². The van der Waals surface area contributed by atoms with Crippen molar-refractivity contribution in [1.29, 1.82) is 0 Å². The molecule has 0 radical (unpaired) electrons. The molecule has 0 rings (SSSR count). The molecule has 0 aromatic carbocycles. The van der Waals surface area contributed by atoms with Crippen LogP contribution in [0.4, 0.5) is 0 Å². The molecule has 5 heteroatoms. The van der Waals surface area contributed by atoms with E-state index in [1.807, 2.05) is 0 Å². The van der Waals surface area contributed by atoms with Crippen LogP contribution in [-0.2, 0) is 13.8 Å². The van der Waals surface area contributed by atoms with Crippen LogP contribution in [0.5, 0.6) is 0 Å². The van der Waals surface area contributed by atoms with Gasteiger partial charge in [-0.2, -0.15) is 0 Å². The fourth-order valence-corrected chi connectivity index (χ4v) is 2.26. The highest BCUT2D eigenvalue weighted by Crippen LogP contribution is 2.04. The smallest absolute Gasteiger partial charge is 0.232 e. The summed E-state index contributed by atoms with van der Waals surface area (Å²) in [6.45, 7) is 3.62. The molecule has 0 saturated carbocycles. The van der Waals surface area contributed by atoms with Gasteiger partial charge in [0.1, 0.15) is 0 Å². The highest BCUT2D eigenvalue weighted by Gasteiger charge is 2.03. The van der Waals surface area contributed by atoms with Crippen molar-refractivity contribution < 1.29 is 13.2 Å². The summed E-state index contributed by atoms with van der Waals surface area (Å²) < 4.78 is 26.6. The van der Waals surface area contributed by atoms with Crippen LogP contribution < -0.4 is 0 Å². The molecular weight excluding hydrogens is 248 g/mol. The van der Waals surface area contributed by atoms with Gasteiger partial charge in [0.15, 0.2) is 0 Å². The van der Waals surface area contributed by atoms with Crippen molar-refractivity contribution in [2.75, 3.05) is 19.0 Å². The monoisotopic (exact) mass is 270 g/mol. The summed E-state index contributed by atoms with van der Waals surface area (Å²) in [5.41, 5.74) is 0. The van der Waals surface area contributed by atoms with E-state index in [1.54, 1.807) is 0 Å². The summed E-state index contributed by atoms with van der Waals surface area (Å²) in [4.78, 5) is 0. The highest BCUT2D eigenvalue weighted by atomic mass is 35.7. The van der Waals surface area contributed by atoms with E-state index >= 15 is 0 Å². The lowest BCUT2D eigenvalue weighted by atomic mass is 10.2. The van der Waals surface area contributed by atoms with E-state index in [-0.39, 0.29) is 5.75 Å². The van der Waals surface area contributed by atoms with Gasteiger partial charge >= 0.3 is 0 Å². The third-order valence-corrected chi connectivity index (χ3v) is 3.56. The Morgan fingerprint density at radius 3 is 2.06 bits per heavy atom. The molecule has 0 bridgehead atoms. The first kappa shape index (κ1) is 16.2. The molecule has 0 atom stereocenters. The van der Waals surface area contributed by atoms with Gasteiger partial charge in [-0.15, -0.1) is 0 Å². The SMILES string of the molecule is CCCCCCCOCCCCS(=O)(=O)Cl. The lowest BCUT2D eigenvalue weighted by Gasteiger charge is -2.03. The Bertz CT molecular complexity index is 240. The van der Waals surface area contributed by atoms with Crippen molar-refractivity contribution in [3.8, 4) is 0 Å². The standard InChI is InChI=1S/C11H23ClO3S/c1-2-3-4-5-6-9-15-10-7-8-11-16(12,13)14/h2-11H2,1H3. The van der Waals surface area contributed by atoms with Gasteiger partial charge in [-0.1, -0.05) is 32.6 Å². The number of unbranched alkanes of at least 4 members (excludes halogenated alkanes) is 5. The van der Waals surface area contributed by atoms with Gasteiger partial charge in [0.05, 0.1) is 5.75 Å². The van der Waals surface area contributed by atoms with Gasteiger partial charge in [0, 0.05) is 23.9 Å². The highest BCUT2D eigenvalue weighted by molar-refractivity contribution is 8.13. The quantitative estimate of drug-likeness (QED) is 0.427. The molecule has 0 saturated heterocycles. The van der Waals surface area contributed by atoms with Crippen molar-refractivity contribution in [2.24, 2.45) is 0 Å². The van der Waals surface area contributed by atoms with Crippen molar-refractivity contribution in [3.05, 3.63) is 0 Å². The maximum atomic E-state index is 10.6. The summed E-state index contributed by atoms with van der Waals surface area (Å²) in [6.07, 6.45) is 7.52. The van der Waals surface area contributed by atoms with Crippen LogP contribution in [0.2, 0.25) is 0 Å². The second kappa shape index (κ2) is 10.4. The molecule has 0 aliphatic heterocycles. The normalized spacial score (nSPS) is 11.9. The predicted molar refractivity (Wildman–Crippen MR) is 68.5 cm³/mol. The first-order valence-electron chi connectivity index (χ1n) is 6.06. The Balaban J connectivity index is 3.05. The minimum atomic E-state index is -3.32. The summed E-state index contributed by atoms with van der Waals surface area (Å²) in [6, 6.07) is 0. The maximum Gasteiger partial charge on any atom is 0.232 e.